The number of amides is 1. The summed E-state index contributed by atoms with van der Waals surface area (Å²) in [5.41, 5.74) is 0.813. The highest BCUT2D eigenvalue weighted by atomic mass is 16.5. The Balaban J connectivity index is 2.64. The highest BCUT2D eigenvalue weighted by Gasteiger charge is 2.05. The quantitative estimate of drug-likeness (QED) is 0.696. The van der Waals surface area contributed by atoms with Gasteiger partial charge in [-0.15, -0.1) is 0 Å². The van der Waals surface area contributed by atoms with Crippen molar-refractivity contribution in [3.8, 4) is 5.75 Å². The van der Waals surface area contributed by atoms with Crippen LogP contribution in [0.25, 0.3) is 0 Å². The SMILES string of the molecule is C=CC(=O)N(C)Cc1ccc(OC)cn1. The van der Waals surface area contributed by atoms with Crippen LogP contribution in [0.3, 0.4) is 0 Å². The molecular formula is C11H14N2O2. The first-order valence-electron chi connectivity index (χ1n) is 4.54. The first-order valence-corrected chi connectivity index (χ1v) is 4.54. The molecule has 0 spiro atoms. The smallest absolute Gasteiger partial charge is 0.246 e. The van der Waals surface area contributed by atoms with Gasteiger partial charge in [0.1, 0.15) is 5.75 Å². The van der Waals surface area contributed by atoms with Crippen LogP contribution in [0.15, 0.2) is 31.0 Å². The van der Waals surface area contributed by atoms with Gasteiger partial charge in [-0.05, 0) is 18.2 Å². The molecule has 0 aliphatic heterocycles. The summed E-state index contributed by atoms with van der Waals surface area (Å²) in [6, 6.07) is 3.64. The van der Waals surface area contributed by atoms with Crippen LogP contribution in [0.1, 0.15) is 5.69 Å². The summed E-state index contributed by atoms with van der Waals surface area (Å²) in [7, 11) is 3.29. The van der Waals surface area contributed by atoms with E-state index in [1.807, 2.05) is 12.1 Å². The van der Waals surface area contributed by atoms with E-state index in [1.165, 1.54) is 6.08 Å². The highest BCUT2D eigenvalue weighted by molar-refractivity contribution is 5.86. The minimum Gasteiger partial charge on any atom is -0.495 e. The van der Waals surface area contributed by atoms with Gasteiger partial charge >= 0.3 is 0 Å². The second kappa shape index (κ2) is 5.14. The van der Waals surface area contributed by atoms with Crippen molar-refractivity contribution in [3.05, 3.63) is 36.7 Å². The van der Waals surface area contributed by atoms with E-state index in [9.17, 15) is 4.79 Å². The van der Waals surface area contributed by atoms with E-state index in [0.29, 0.717) is 12.3 Å². The third-order valence-electron chi connectivity index (χ3n) is 1.98. The summed E-state index contributed by atoms with van der Waals surface area (Å²) in [6.45, 7) is 3.89. The largest absolute Gasteiger partial charge is 0.495 e. The number of nitrogens with zero attached hydrogens (tertiary/aromatic N) is 2. The Morgan fingerprint density at radius 2 is 2.40 bits per heavy atom. The number of likely N-dealkylation sites (N-methyl/N-ethyl adjacent to an activating group) is 1. The number of hydrogen-bond donors (Lipinski definition) is 0. The van der Waals surface area contributed by atoms with E-state index in [1.54, 1.807) is 25.3 Å². The predicted molar refractivity (Wildman–Crippen MR) is 57.5 cm³/mol. The monoisotopic (exact) mass is 206 g/mol. The van der Waals surface area contributed by atoms with Gasteiger partial charge in [0.15, 0.2) is 0 Å². The average Bonchev–Trinajstić information content (AvgIpc) is 2.29. The molecule has 4 nitrogen and oxygen atoms in total. The number of methoxy groups -OCH3 is 1. The maximum Gasteiger partial charge on any atom is 0.246 e. The Morgan fingerprint density at radius 3 is 2.87 bits per heavy atom. The maximum absolute atomic E-state index is 11.2. The van der Waals surface area contributed by atoms with Crippen LogP contribution in [0.2, 0.25) is 0 Å². The van der Waals surface area contributed by atoms with E-state index in [2.05, 4.69) is 11.6 Å². The second-order valence-electron chi connectivity index (χ2n) is 3.09. The lowest BCUT2D eigenvalue weighted by molar-refractivity contribution is -0.125. The molecule has 15 heavy (non-hydrogen) atoms. The molecule has 0 saturated carbocycles. The minimum atomic E-state index is -0.118. The Labute approximate surface area is 89.2 Å². The molecule has 0 radical (unpaired) electrons. The first kappa shape index (κ1) is 11.2. The van der Waals surface area contributed by atoms with Gasteiger partial charge in [-0.1, -0.05) is 6.58 Å². The molecule has 0 aromatic carbocycles. The lowest BCUT2D eigenvalue weighted by Gasteiger charge is -2.14. The zero-order chi connectivity index (χ0) is 11.3. The van der Waals surface area contributed by atoms with Crippen molar-refractivity contribution in [2.45, 2.75) is 6.54 Å². The number of carbonyl (C=O) groups is 1. The van der Waals surface area contributed by atoms with Crippen molar-refractivity contribution in [1.82, 2.24) is 9.88 Å². The van der Waals surface area contributed by atoms with Crippen LogP contribution < -0.4 is 4.74 Å². The molecular weight excluding hydrogens is 192 g/mol. The summed E-state index contributed by atoms with van der Waals surface area (Å²) in [6.07, 6.45) is 2.91. The van der Waals surface area contributed by atoms with Gasteiger partial charge < -0.3 is 9.64 Å². The standard InChI is InChI=1S/C11H14N2O2/c1-4-11(14)13(2)8-9-5-6-10(15-3)7-12-9/h4-7H,1,8H2,2-3H3. The average molecular weight is 206 g/mol. The number of rotatable bonds is 4. The molecule has 0 unspecified atom stereocenters. The lowest BCUT2D eigenvalue weighted by atomic mass is 10.3. The second-order valence-corrected chi connectivity index (χ2v) is 3.09. The van der Waals surface area contributed by atoms with Crippen molar-refractivity contribution in [2.75, 3.05) is 14.2 Å². The fourth-order valence-corrected chi connectivity index (χ4v) is 1.10. The zero-order valence-electron chi connectivity index (χ0n) is 8.93. The van der Waals surface area contributed by atoms with Crippen LogP contribution in [-0.4, -0.2) is 29.9 Å². The van der Waals surface area contributed by atoms with Crippen molar-refractivity contribution >= 4 is 5.91 Å². The molecule has 0 aliphatic carbocycles. The van der Waals surface area contributed by atoms with Crippen LogP contribution >= 0.6 is 0 Å². The van der Waals surface area contributed by atoms with Crippen LogP contribution in [-0.2, 0) is 11.3 Å². The van der Waals surface area contributed by atoms with Crippen LogP contribution in [0, 0.1) is 0 Å². The summed E-state index contributed by atoms with van der Waals surface area (Å²) >= 11 is 0. The van der Waals surface area contributed by atoms with E-state index in [4.69, 9.17) is 4.74 Å². The molecule has 1 amide bonds. The Hall–Kier alpha value is -1.84. The van der Waals surface area contributed by atoms with E-state index in [-0.39, 0.29) is 5.91 Å². The number of ether oxygens (including phenoxy) is 1. The van der Waals surface area contributed by atoms with Gasteiger partial charge in [0.25, 0.3) is 0 Å². The van der Waals surface area contributed by atoms with E-state index >= 15 is 0 Å². The molecule has 0 atom stereocenters. The topological polar surface area (TPSA) is 42.4 Å². The molecule has 1 aromatic rings. The molecule has 80 valence electrons. The molecule has 1 rings (SSSR count). The van der Waals surface area contributed by atoms with Crippen LogP contribution in [0.4, 0.5) is 0 Å². The molecule has 0 N–H and O–H groups in total. The number of pyridine rings is 1. The van der Waals surface area contributed by atoms with Crippen molar-refractivity contribution < 1.29 is 9.53 Å². The molecule has 0 fully saturated rings. The predicted octanol–water partition coefficient (Wildman–Crippen LogP) is 1.23. The van der Waals surface area contributed by atoms with Crippen molar-refractivity contribution in [3.63, 3.8) is 0 Å². The third-order valence-corrected chi connectivity index (χ3v) is 1.98. The molecule has 0 saturated heterocycles. The normalized spacial score (nSPS) is 9.47. The third kappa shape index (κ3) is 3.09. The van der Waals surface area contributed by atoms with Crippen molar-refractivity contribution in [2.24, 2.45) is 0 Å². The van der Waals surface area contributed by atoms with E-state index < -0.39 is 0 Å². The van der Waals surface area contributed by atoms with Crippen LogP contribution in [0.5, 0.6) is 5.75 Å². The maximum atomic E-state index is 11.2. The minimum absolute atomic E-state index is 0.118. The van der Waals surface area contributed by atoms with Gasteiger partial charge in [-0.25, -0.2) is 0 Å². The first-order chi connectivity index (χ1) is 7.17. The molecule has 0 aliphatic rings. The van der Waals surface area contributed by atoms with E-state index in [0.717, 1.165) is 5.69 Å². The zero-order valence-corrected chi connectivity index (χ0v) is 8.93. The van der Waals surface area contributed by atoms with Gasteiger partial charge in [0, 0.05) is 7.05 Å². The molecule has 1 aromatic heterocycles. The summed E-state index contributed by atoms with van der Waals surface area (Å²) < 4.78 is 4.98. The molecule has 1 heterocycles. The number of hydrogen-bond acceptors (Lipinski definition) is 3. The fraction of sp³-hybridized carbons (Fsp3) is 0.273. The number of carbonyl (C=O) groups excluding carboxylic acids is 1. The van der Waals surface area contributed by atoms with Gasteiger partial charge in [-0.2, -0.15) is 0 Å². The fourth-order valence-electron chi connectivity index (χ4n) is 1.10. The van der Waals surface area contributed by atoms with Gasteiger partial charge in [0.05, 0.1) is 25.5 Å². The summed E-state index contributed by atoms with van der Waals surface area (Å²) in [5.74, 6) is 0.587. The lowest BCUT2D eigenvalue weighted by Crippen LogP contribution is -2.24. The number of aromatic nitrogens is 1. The van der Waals surface area contributed by atoms with Gasteiger partial charge in [0.2, 0.25) is 5.91 Å². The Morgan fingerprint density at radius 1 is 1.67 bits per heavy atom. The Bertz CT molecular complexity index is 346. The summed E-state index contributed by atoms with van der Waals surface area (Å²) in [4.78, 5) is 16.9. The molecule has 0 bridgehead atoms. The summed E-state index contributed by atoms with van der Waals surface area (Å²) in [5, 5.41) is 0. The highest BCUT2D eigenvalue weighted by Crippen LogP contribution is 2.09. The molecule has 4 heteroatoms. The Kier molecular flexibility index (Phi) is 3.85. The van der Waals surface area contributed by atoms with Crippen molar-refractivity contribution in [1.29, 1.82) is 0 Å². The van der Waals surface area contributed by atoms with Gasteiger partial charge in [-0.3, -0.25) is 9.78 Å².